The summed E-state index contributed by atoms with van der Waals surface area (Å²) in [6.07, 6.45) is 0.748. The number of halogens is 2. The first-order valence-electron chi connectivity index (χ1n) is 4.11. The fourth-order valence-electron chi connectivity index (χ4n) is 1.18. The summed E-state index contributed by atoms with van der Waals surface area (Å²) in [5.74, 6) is 0. The van der Waals surface area contributed by atoms with E-state index >= 15 is 0 Å². The highest BCUT2D eigenvalue weighted by Gasteiger charge is 2.15. The molecule has 0 bridgehead atoms. The van der Waals surface area contributed by atoms with E-state index in [4.69, 9.17) is 28.9 Å². The predicted molar refractivity (Wildman–Crippen MR) is 59.5 cm³/mol. The first-order valence-corrected chi connectivity index (χ1v) is 4.87. The van der Waals surface area contributed by atoms with Crippen LogP contribution in [0.2, 0.25) is 5.02 Å². The van der Waals surface area contributed by atoms with Crippen molar-refractivity contribution >= 4 is 28.9 Å². The molecule has 1 aromatic rings. The molecule has 0 aliphatic heterocycles. The minimum Gasteiger partial charge on any atom is -0.398 e. The number of nitrogen functional groups attached to an aromatic ring is 1. The zero-order chi connectivity index (χ0) is 10.1. The van der Waals surface area contributed by atoms with E-state index in [1.165, 1.54) is 0 Å². The Morgan fingerprint density at radius 2 is 2.00 bits per heavy atom. The van der Waals surface area contributed by atoms with Crippen molar-refractivity contribution in [3.05, 3.63) is 28.8 Å². The Kier molecular flexibility index (Phi) is 3.09. The van der Waals surface area contributed by atoms with Crippen LogP contribution < -0.4 is 5.73 Å². The first-order chi connectivity index (χ1) is 5.88. The summed E-state index contributed by atoms with van der Waals surface area (Å²) in [7, 11) is 0. The van der Waals surface area contributed by atoms with Crippen LogP contribution >= 0.6 is 23.2 Å². The van der Waals surface area contributed by atoms with Gasteiger partial charge in [-0.15, -0.1) is 11.6 Å². The Morgan fingerprint density at radius 1 is 1.38 bits per heavy atom. The van der Waals surface area contributed by atoms with Crippen LogP contribution in [0.25, 0.3) is 0 Å². The molecular formula is C10H13Cl2N. The zero-order valence-corrected chi connectivity index (χ0v) is 9.28. The molecule has 72 valence electrons. The van der Waals surface area contributed by atoms with E-state index in [0.29, 0.717) is 10.7 Å². The van der Waals surface area contributed by atoms with Crippen LogP contribution in [0.4, 0.5) is 5.69 Å². The van der Waals surface area contributed by atoms with Crippen molar-refractivity contribution in [3.8, 4) is 0 Å². The number of nitrogens with two attached hydrogens (primary N) is 1. The molecule has 0 amide bonds. The average molecular weight is 218 g/mol. The standard InChI is InChI=1S/C10H13Cl2N/c1-10(2,12)6-7-3-4-8(11)5-9(7)13/h3-5H,6,13H2,1-2H3. The third-order valence-electron chi connectivity index (χ3n) is 1.72. The van der Waals surface area contributed by atoms with Crippen molar-refractivity contribution < 1.29 is 0 Å². The minimum absolute atomic E-state index is 0.262. The van der Waals surface area contributed by atoms with Gasteiger partial charge in [-0.3, -0.25) is 0 Å². The van der Waals surface area contributed by atoms with Crippen molar-refractivity contribution in [1.29, 1.82) is 0 Å². The number of anilines is 1. The lowest BCUT2D eigenvalue weighted by Crippen LogP contribution is -2.15. The van der Waals surface area contributed by atoms with Gasteiger partial charge < -0.3 is 5.73 Å². The lowest BCUT2D eigenvalue weighted by Gasteiger charge is -2.16. The second-order valence-corrected chi connectivity index (χ2v) is 5.20. The smallest absolute Gasteiger partial charge is 0.0431 e. The van der Waals surface area contributed by atoms with E-state index < -0.39 is 0 Å². The Morgan fingerprint density at radius 3 is 2.46 bits per heavy atom. The maximum atomic E-state index is 6.09. The van der Waals surface area contributed by atoms with Crippen LogP contribution in [0, 0.1) is 0 Å². The lowest BCUT2D eigenvalue weighted by molar-refractivity contribution is 0.695. The molecular weight excluding hydrogens is 205 g/mol. The highest BCUT2D eigenvalue weighted by Crippen LogP contribution is 2.25. The second kappa shape index (κ2) is 3.77. The maximum absolute atomic E-state index is 6.09. The molecule has 1 rings (SSSR count). The van der Waals surface area contributed by atoms with Crippen molar-refractivity contribution in [1.82, 2.24) is 0 Å². The molecule has 0 spiro atoms. The summed E-state index contributed by atoms with van der Waals surface area (Å²) in [5, 5.41) is 0.661. The Hall–Kier alpha value is -0.400. The number of benzene rings is 1. The molecule has 13 heavy (non-hydrogen) atoms. The summed E-state index contributed by atoms with van der Waals surface area (Å²) in [4.78, 5) is -0.262. The van der Waals surface area contributed by atoms with E-state index in [2.05, 4.69) is 0 Å². The second-order valence-electron chi connectivity index (χ2n) is 3.74. The Balaban J connectivity index is 2.90. The molecule has 0 fully saturated rings. The molecule has 0 aromatic heterocycles. The molecule has 2 N–H and O–H groups in total. The van der Waals surface area contributed by atoms with Gasteiger partial charge >= 0.3 is 0 Å². The lowest BCUT2D eigenvalue weighted by atomic mass is 10.0. The summed E-state index contributed by atoms with van der Waals surface area (Å²) in [5.41, 5.74) is 7.54. The largest absolute Gasteiger partial charge is 0.398 e. The van der Waals surface area contributed by atoms with Crippen LogP contribution in [0.15, 0.2) is 18.2 Å². The van der Waals surface area contributed by atoms with Crippen LogP contribution in [0.3, 0.4) is 0 Å². The number of hydrogen-bond acceptors (Lipinski definition) is 1. The van der Waals surface area contributed by atoms with Gasteiger partial charge in [0.05, 0.1) is 0 Å². The van der Waals surface area contributed by atoms with Gasteiger partial charge in [-0.1, -0.05) is 17.7 Å². The highest BCUT2D eigenvalue weighted by molar-refractivity contribution is 6.30. The van der Waals surface area contributed by atoms with Crippen LogP contribution in [0.1, 0.15) is 19.4 Å². The molecule has 0 heterocycles. The van der Waals surface area contributed by atoms with Gasteiger partial charge in [-0.25, -0.2) is 0 Å². The SMILES string of the molecule is CC(C)(Cl)Cc1ccc(Cl)cc1N. The molecule has 1 nitrogen and oxygen atoms in total. The van der Waals surface area contributed by atoms with Gasteiger partial charge in [-0.05, 0) is 38.0 Å². The molecule has 1 aromatic carbocycles. The Bertz CT molecular complexity index is 302. The number of rotatable bonds is 2. The first kappa shape index (κ1) is 10.7. The zero-order valence-electron chi connectivity index (χ0n) is 7.77. The van der Waals surface area contributed by atoms with Crippen LogP contribution in [0.5, 0.6) is 0 Å². The monoisotopic (exact) mass is 217 g/mol. The molecule has 0 atom stereocenters. The van der Waals surface area contributed by atoms with Crippen molar-refractivity contribution in [2.45, 2.75) is 25.1 Å². The molecule has 0 aliphatic rings. The number of alkyl halides is 1. The van der Waals surface area contributed by atoms with E-state index in [1.807, 2.05) is 26.0 Å². The Labute approximate surface area is 88.8 Å². The van der Waals surface area contributed by atoms with Gasteiger partial charge in [0, 0.05) is 15.6 Å². The van der Waals surface area contributed by atoms with Crippen molar-refractivity contribution in [3.63, 3.8) is 0 Å². The fourth-order valence-corrected chi connectivity index (χ4v) is 1.50. The molecule has 3 heteroatoms. The highest BCUT2D eigenvalue weighted by atomic mass is 35.5. The van der Waals surface area contributed by atoms with E-state index in [0.717, 1.165) is 12.0 Å². The maximum Gasteiger partial charge on any atom is 0.0431 e. The topological polar surface area (TPSA) is 26.0 Å². The number of hydrogen-bond donors (Lipinski definition) is 1. The predicted octanol–water partition coefficient (Wildman–Crippen LogP) is 3.48. The van der Waals surface area contributed by atoms with E-state index in [1.54, 1.807) is 6.07 Å². The molecule has 0 saturated carbocycles. The van der Waals surface area contributed by atoms with Crippen LogP contribution in [-0.2, 0) is 6.42 Å². The summed E-state index contributed by atoms with van der Waals surface area (Å²) >= 11 is 11.9. The fraction of sp³-hybridized carbons (Fsp3) is 0.400. The third-order valence-corrected chi connectivity index (χ3v) is 2.09. The van der Waals surface area contributed by atoms with E-state index in [9.17, 15) is 0 Å². The van der Waals surface area contributed by atoms with Gasteiger partial charge in [0.1, 0.15) is 0 Å². The quantitative estimate of drug-likeness (QED) is 0.596. The summed E-state index contributed by atoms with van der Waals surface area (Å²) in [6.45, 7) is 3.92. The van der Waals surface area contributed by atoms with Gasteiger partial charge in [-0.2, -0.15) is 0 Å². The summed E-state index contributed by atoms with van der Waals surface area (Å²) in [6, 6.07) is 5.50. The van der Waals surface area contributed by atoms with Crippen LogP contribution in [-0.4, -0.2) is 4.87 Å². The van der Waals surface area contributed by atoms with E-state index in [-0.39, 0.29) is 4.87 Å². The molecule has 0 saturated heterocycles. The van der Waals surface area contributed by atoms with Gasteiger partial charge in [0.2, 0.25) is 0 Å². The molecule has 0 radical (unpaired) electrons. The van der Waals surface area contributed by atoms with Gasteiger partial charge in [0.25, 0.3) is 0 Å². The van der Waals surface area contributed by atoms with Gasteiger partial charge in [0.15, 0.2) is 0 Å². The van der Waals surface area contributed by atoms with Crippen molar-refractivity contribution in [2.24, 2.45) is 0 Å². The molecule has 0 aliphatic carbocycles. The minimum atomic E-state index is -0.262. The summed E-state index contributed by atoms with van der Waals surface area (Å²) < 4.78 is 0. The normalized spacial score (nSPS) is 11.7. The third kappa shape index (κ3) is 3.45. The average Bonchev–Trinajstić information content (AvgIpc) is 1.93. The van der Waals surface area contributed by atoms with Crippen molar-refractivity contribution in [2.75, 3.05) is 5.73 Å². The molecule has 0 unspecified atom stereocenters.